The highest BCUT2D eigenvalue weighted by molar-refractivity contribution is 6.30. The van der Waals surface area contributed by atoms with E-state index in [1.54, 1.807) is 6.33 Å². The fourth-order valence-electron chi connectivity index (χ4n) is 13.4. The molecule has 14 aromatic carbocycles. The zero-order valence-electron chi connectivity index (χ0n) is 43.9. The molecule has 82 heavy (non-hydrogen) atoms. The van der Waals surface area contributed by atoms with Gasteiger partial charge in [0.15, 0.2) is 29.1 Å². The van der Waals surface area contributed by atoms with Crippen molar-refractivity contribution < 1.29 is 0 Å². The predicted molar refractivity (Wildman–Crippen MR) is 337 cm³/mol. The van der Waals surface area contributed by atoms with Crippen LogP contribution in [0, 0.1) is 0 Å². The van der Waals surface area contributed by atoms with Crippen molar-refractivity contribution in [3.05, 3.63) is 255 Å². The third kappa shape index (κ3) is 6.76. The Balaban J connectivity index is 0.725. The fraction of sp³-hybridized carbons (Fsp3) is 0. The van der Waals surface area contributed by atoms with E-state index in [4.69, 9.17) is 24.9 Å². The Labute approximate surface area is 470 Å². The van der Waals surface area contributed by atoms with Crippen LogP contribution in [0.3, 0.4) is 0 Å². The molecular weight excluding hydrogens is 997 g/mol. The van der Waals surface area contributed by atoms with E-state index in [-0.39, 0.29) is 0 Å². The molecule has 0 unspecified atom stereocenters. The van der Waals surface area contributed by atoms with Crippen LogP contribution in [0.1, 0.15) is 0 Å². The minimum Gasteiger partial charge on any atom is -0.217 e. The largest absolute Gasteiger partial charge is 0.217 e. The average Bonchev–Trinajstić information content (AvgIpc) is 2.61. The third-order valence-corrected chi connectivity index (χ3v) is 17.2. The molecule has 0 saturated carbocycles. The second-order valence-corrected chi connectivity index (χ2v) is 21.8. The quantitative estimate of drug-likeness (QED) is 0.122. The van der Waals surface area contributed by atoms with Crippen LogP contribution < -0.4 is 0 Å². The van der Waals surface area contributed by atoms with Crippen molar-refractivity contribution >= 4 is 75.4 Å². The van der Waals surface area contributed by atoms with Crippen molar-refractivity contribution in [3.63, 3.8) is 0 Å². The summed E-state index contributed by atoms with van der Waals surface area (Å²) in [4.78, 5) is 30.6. The smallest absolute Gasteiger partial charge is 0.164 e. The van der Waals surface area contributed by atoms with E-state index in [1.165, 1.54) is 93.2 Å². The number of hydrogen-bond acceptors (Lipinski definition) is 6. The molecule has 0 atom stereocenters. The molecule has 0 saturated heterocycles. The highest BCUT2D eigenvalue weighted by Crippen LogP contribution is 2.55. The van der Waals surface area contributed by atoms with Crippen molar-refractivity contribution in [1.82, 2.24) is 29.9 Å². The Bertz CT molecular complexity index is 5470. The summed E-state index contributed by atoms with van der Waals surface area (Å²) in [6.45, 7) is 0. The van der Waals surface area contributed by atoms with Crippen LogP contribution in [0.5, 0.6) is 0 Å². The van der Waals surface area contributed by atoms with Crippen LogP contribution in [0.25, 0.3) is 188 Å². The van der Waals surface area contributed by atoms with Crippen molar-refractivity contribution in [3.8, 4) is 113 Å². The van der Waals surface area contributed by atoms with Crippen LogP contribution in [-0.2, 0) is 0 Å². The number of fused-ring (bicyclic) bond motifs is 14. The van der Waals surface area contributed by atoms with E-state index in [0.29, 0.717) is 29.1 Å². The lowest BCUT2D eigenvalue weighted by atomic mass is 9.92. The minimum absolute atomic E-state index is 0.587. The molecule has 0 aliphatic heterocycles. The average molecular weight is 1040 g/mol. The van der Waals surface area contributed by atoms with Gasteiger partial charge in [-0.15, -0.1) is 0 Å². The summed E-state index contributed by atoms with van der Waals surface area (Å²) in [6, 6.07) is 89.7. The summed E-state index contributed by atoms with van der Waals surface area (Å²) >= 11 is 0. The zero-order chi connectivity index (χ0) is 53.6. The molecule has 18 rings (SSSR count). The maximum absolute atomic E-state index is 5.44. The van der Waals surface area contributed by atoms with Crippen LogP contribution in [0.15, 0.2) is 255 Å². The van der Waals surface area contributed by atoms with Crippen molar-refractivity contribution in [1.29, 1.82) is 0 Å². The van der Waals surface area contributed by atoms with Gasteiger partial charge < -0.3 is 0 Å². The highest BCUT2D eigenvalue weighted by Gasteiger charge is 2.28. The Morgan fingerprint density at radius 3 is 1.48 bits per heavy atom. The molecule has 2 aromatic heterocycles. The molecule has 0 bridgehead atoms. The first-order chi connectivity index (χ1) is 40.6. The van der Waals surface area contributed by atoms with Crippen molar-refractivity contribution in [2.24, 2.45) is 0 Å². The van der Waals surface area contributed by atoms with Gasteiger partial charge in [-0.25, -0.2) is 29.9 Å². The monoisotopic (exact) mass is 1040 g/mol. The summed E-state index contributed by atoms with van der Waals surface area (Å²) in [5.74, 6) is 3.02. The number of aromatic nitrogens is 6. The molecule has 0 fully saturated rings. The lowest BCUT2D eigenvalue weighted by Gasteiger charge is -2.14. The topological polar surface area (TPSA) is 77.3 Å². The van der Waals surface area contributed by atoms with Gasteiger partial charge in [-0.2, -0.15) is 0 Å². The number of benzene rings is 14. The first-order valence-electron chi connectivity index (χ1n) is 27.8. The molecular formula is C76H42N6. The standard InChI is InChI=1S/C76H42N6/c1-2-12-48-36-54(28-22-43(48)10-1)74-80-75(82-76(81-74)64-35-34-63-68-57-16-6-3-11-46(57)30-33-62(68)66-41-51-14-5-8-18-59(51)69(64)71(63)66)55-29-24-45-23-27-53(38-56(45)39-55)73-78-42-77-72(79-73)47-25-20-44(21-26-47)49-31-32-60-61-19-9-15-52-37-50-13-4-7-17-58(50)70(67(52)61)65(60)40-49/h1-42H. The lowest BCUT2D eigenvalue weighted by Crippen LogP contribution is -2.01. The minimum atomic E-state index is 0.587. The lowest BCUT2D eigenvalue weighted by molar-refractivity contribution is 1.07. The zero-order valence-corrected chi connectivity index (χ0v) is 43.9. The summed E-state index contributed by atoms with van der Waals surface area (Å²) in [7, 11) is 0. The first-order valence-corrected chi connectivity index (χ1v) is 27.8. The van der Waals surface area contributed by atoms with E-state index in [2.05, 4.69) is 254 Å². The molecule has 0 radical (unpaired) electrons. The van der Waals surface area contributed by atoms with E-state index in [9.17, 15) is 0 Å². The summed E-state index contributed by atoms with van der Waals surface area (Å²) in [5, 5.41) is 16.7. The Morgan fingerprint density at radius 2 is 0.707 bits per heavy atom. The fourth-order valence-corrected chi connectivity index (χ4v) is 13.4. The van der Waals surface area contributed by atoms with Gasteiger partial charge in [0.25, 0.3) is 0 Å². The van der Waals surface area contributed by atoms with Crippen LogP contribution in [0.2, 0.25) is 0 Å². The second kappa shape index (κ2) is 17.2. The number of hydrogen-bond donors (Lipinski definition) is 0. The van der Waals surface area contributed by atoms with Crippen LogP contribution in [-0.4, -0.2) is 29.9 Å². The first kappa shape index (κ1) is 44.9. The Kier molecular flexibility index (Phi) is 9.41. The van der Waals surface area contributed by atoms with Crippen molar-refractivity contribution in [2.75, 3.05) is 0 Å². The normalized spacial score (nSPS) is 12.1. The number of rotatable bonds is 6. The highest BCUT2D eigenvalue weighted by atomic mass is 15.0. The van der Waals surface area contributed by atoms with Crippen LogP contribution >= 0.6 is 0 Å². The van der Waals surface area contributed by atoms with Crippen molar-refractivity contribution in [2.45, 2.75) is 0 Å². The molecule has 6 heteroatoms. The van der Waals surface area contributed by atoms with Gasteiger partial charge in [0.2, 0.25) is 0 Å². The van der Waals surface area contributed by atoms with E-state index in [0.717, 1.165) is 65.7 Å². The Hall–Kier alpha value is -11.1. The maximum Gasteiger partial charge on any atom is 0.164 e. The van der Waals surface area contributed by atoms with Gasteiger partial charge in [0.05, 0.1) is 0 Å². The molecule has 16 aromatic rings. The molecule has 2 aliphatic rings. The second-order valence-electron chi connectivity index (χ2n) is 21.8. The molecule has 6 nitrogen and oxygen atoms in total. The summed E-state index contributed by atoms with van der Waals surface area (Å²) in [5.41, 5.74) is 17.0. The molecule has 376 valence electrons. The summed E-state index contributed by atoms with van der Waals surface area (Å²) < 4.78 is 0. The van der Waals surface area contributed by atoms with Gasteiger partial charge >= 0.3 is 0 Å². The van der Waals surface area contributed by atoms with E-state index >= 15 is 0 Å². The molecule has 0 amide bonds. The molecule has 0 N–H and O–H groups in total. The van der Waals surface area contributed by atoms with E-state index in [1.807, 2.05) is 0 Å². The van der Waals surface area contributed by atoms with E-state index < -0.39 is 0 Å². The SMILES string of the molecule is c1ccc2cc(-c3nc(-c4ccc5ccc(-c6ncnc(-c7ccc(-c8ccc9c(c8)-c8c%10ccccc%10cc%10cccc-9c8%10)cc7)n6)cc5c4)nc(-c4ccc5c6c(cc7ccccc7c46)-c4ccc6ccccc6c4-5)n3)ccc2c1. The van der Waals surface area contributed by atoms with Gasteiger partial charge in [-0.1, -0.05) is 206 Å². The van der Waals surface area contributed by atoms with Gasteiger partial charge in [-0.3, -0.25) is 0 Å². The van der Waals surface area contributed by atoms with Gasteiger partial charge in [-0.05, 0) is 168 Å². The molecule has 2 heterocycles. The molecule has 2 aliphatic carbocycles. The van der Waals surface area contributed by atoms with Gasteiger partial charge in [0.1, 0.15) is 6.33 Å². The van der Waals surface area contributed by atoms with Gasteiger partial charge in [0, 0.05) is 33.2 Å². The van der Waals surface area contributed by atoms with Crippen LogP contribution in [0.4, 0.5) is 0 Å². The molecule has 0 spiro atoms. The summed E-state index contributed by atoms with van der Waals surface area (Å²) in [6.07, 6.45) is 1.61. The Morgan fingerprint density at radius 1 is 0.195 bits per heavy atom. The third-order valence-electron chi connectivity index (χ3n) is 17.2. The maximum atomic E-state index is 5.44. The number of nitrogens with zero attached hydrogens (tertiary/aromatic N) is 6. The predicted octanol–water partition coefficient (Wildman–Crippen LogP) is 19.4.